The Morgan fingerprint density at radius 3 is 2.53 bits per heavy atom. The van der Waals surface area contributed by atoms with Gasteiger partial charge in [0, 0.05) is 57.7 Å². The van der Waals surface area contributed by atoms with Gasteiger partial charge in [-0.05, 0) is 37.5 Å². The third-order valence-electron chi connectivity index (χ3n) is 5.72. The number of carbonyl (C=O) groups excluding carboxylic acids is 1. The van der Waals surface area contributed by atoms with Crippen LogP contribution in [0.1, 0.15) is 42.6 Å². The lowest BCUT2D eigenvalue weighted by Gasteiger charge is -2.32. The van der Waals surface area contributed by atoms with Gasteiger partial charge in [-0.25, -0.2) is 14.4 Å². The lowest BCUT2D eigenvalue weighted by molar-refractivity contribution is -0.132. The van der Waals surface area contributed by atoms with Gasteiger partial charge in [0.15, 0.2) is 5.82 Å². The van der Waals surface area contributed by atoms with Gasteiger partial charge in [-0.3, -0.25) is 4.79 Å². The molecule has 1 fully saturated rings. The normalized spacial score (nSPS) is 14.6. The fraction of sp³-hybridized carbons (Fsp3) is 0.435. The smallest absolute Gasteiger partial charge is 0.227 e. The molecule has 0 saturated carbocycles. The van der Waals surface area contributed by atoms with Gasteiger partial charge in [0.1, 0.15) is 5.82 Å². The summed E-state index contributed by atoms with van der Waals surface area (Å²) in [5.74, 6) is 1.72. The molecule has 0 unspecified atom stereocenters. The molecular weight excluding hydrogens is 411 g/mol. The quantitative estimate of drug-likeness (QED) is 0.583. The molecule has 32 heavy (non-hydrogen) atoms. The Morgan fingerprint density at radius 2 is 1.91 bits per heavy atom. The summed E-state index contributed by atoms with van der Waals surface area (Å²) in [7, 11) is 3.81. The molecule has 3 heterocycles. The molecular formula is C23H27FN6O2. The third kappa shape index (κ3) is 4.92. The number of benzene rings is 1. The van der Waals surface area contributed by atoms with Gasteiger partial charge in [-0.15, -0.1) is 0 Å². The maximum atomic E-state index is 13.4. The van der Waals surface area contributed by atoms with Gasteiger partial charge in [0.25, 0.3) is 0 Å². The first-order chi connectivity index (χ1) is 15.4. The van der Waals surface area contributed by atoms with Crippen molar-refractivity contribution < 1.29 is 13.7 Å². The van der Waals surface area contributed by atoms with Crippen molar-refractivity contribution in [3.05, 3.63) is 53.7 Å². The zero-order chi connectivity index (χ0) is 22.7. The van der Waals surface area contributed by atoms with E-state index >= 15 is 0 Å². The van der Waals surface area contributed by atoms with Gasteiger partial charge in [-0.1, -0.05) is 17.3 Å². The van der Waals surface area contributed by atoms with Crippen LogP contribution in [0, 0.1) is 12.7 Å². The highest BCUT2D eigenvalue weighted by Gasteiger charge is 2.27. The summed E-state index contributed by atoms with van der Waals surface area (Å²) >= 11 is 0. The van der Waals surface area contributed by atoms with Gasteiger partial charge in [0.2, 0.25) is 17.7 Å². The Morgan fingerprint density at radius 1 is 1.19 bits per heavy atom. The zero-order valence-corrected chi connectivity index (χ0v) is 18.6. The number of nitrogens with zero attached hydrogens (tertiary/aromatic N) is 6. The van der Waals surface area contributed by atoms with E-state index in [0.717, 1.165) is 29.7 Å². The first-order valence-electron chi connectivity index (χ1n) is 10.8. The van der Waals surface area contributed by atoms with Crippen LogP contribution in [0.4, 0.5) is 10.3 Å². The van der Waals surface area contributed by atoms with Crippen molar-refractivity contribution in [3.8, 4) is 11.1 Å². The van der Waals surface area contributed by atoms with E-state index in [1.807, 2.05) is 30.1 Å². The van der Waals surface area contributed by atoms with Crippen LogP contribution >= 0.6 is 0 Å². The number of rotatable bonds is 6. The fourth-order valence-electron chi connectivity index (χ4n) is 3.98. The van der Waals surface area contributed by atoms with Crippen LogP contribution in [0.25, 0.3) is 11.1 Å². The number of anilines is 1. The van der Waals surface area contributed by atoms with E-state index in [4.69, 9.17) is 9.51 Å². The first-order valence-corrected chi connectivity index (χ1v) is 10.8. The predicted molar refractivity (Wildman–Crippen MR) is 118 cm³/mol. The number of aryl methyl sites for hydroxylation is 2. The van der Waals surface area contributed by atoms with Gasteiger partial charge in [0.05, 0.1) is 5.69 Å². The lowest BCUT2D eigenvalue weighted by Crippen LogP contribution is -2.38. The Hall–Kier alpha value is -3.36. The summed E-state index contributed by atoms with van der Waals surface area (Å²) in [6.07, 6.45) is 4.24. The molecule has 2 aromatic heterocycles. The Bertz CT molecular complexity index is 1070. The minimum absolute atomic E-state index is 0.0923. The van der Waals surface area contributed by atoms with Gasteiger partial charge in [-0.2, -0.15) is 4.98 Å². The maximum absolute atomic E-state index is 13.4. The molecule has 4 rings (SSSR count). The highest BCUT2D eigenvalue weighted by atomic mass is 19.1. The van der Waals surface area contributed by atoms with Crippen LogP contribution in [-0.2, 0) is 11.2 Å². The van der Waals surface area contributed by atoms with E-state index in [1.165, 1.54) is 12.1 Å². The molecule has 9 heteroatoms. The number of amides is 1. The number of likely N-dealkylation sites (tertiary alicyclic amines) is 1. The number of hydrogen-bond donors (Lipinski definition) is 0. The van der Waals surface area contributed by atoms with Crippen molar-refractivity contribution >= 4 is 11.9 Å². The summed E-state index contributed by atoms with van der Waals surface area (Å²) in [6.45, 7) is 3.09. The summed E-state index contributed by atoms with van der Waals surface area (Å²) < 4.78 is 18.5. The number of hydrogen-bond acceptors (Lipinski definition) is 7. The average Bonchev–Trinajstić information content (AvgIpc) is 3.23. The Labute approximate surface area is 186 Å². The molecule has 168 valence electrons. The minimum Gasteiger partial charge on any atom is -0.347 e. The van der Waals surface area contributed by atoms with Crippen molar-refractivity contribution in [2.75, 3.05) is 32.1 Å². The minimum atomic E-state index is -0.274. The largest absolute Gasteiger partial charge is 0.347 e. The van der Waals surface area contributed by atoms with Crippen molar-refractivity contribution in [3.63, 3.8) is 0 Å². The molecule has 1 aliphatic heterocycles. The van der Waals surface area contributed by atoms with E-state index in [0.29, 0.717) is 43.6 Å². The molecule has 0 N–H and O–H groups in total. The number of carbonyl (C=O) groups is 1. The van der Waals surface area contributed by atoms with E-state index in [1.54, 1.807) is 19.1 Å². The summed E-state index contributed by atoms with van der Waals surface area (Å²) in [5, 5.41) is 3.76. The topological polar surface area (TPSA) is 88.3 Å². The highest BCUT2D eigenvalue weighted by molar-refractivity contribution is 5.76. The summed E-state index contributed by atoms with van der Waals surface area (Å²) in [4.78, 5) is 29.9. The summed E-state index contributed by atoms with van der Waals surface area (Å²) in [5.41, 5.74) is 2.75. The molecule has 0 aliphatic carbocycles. The van der Waals surface area contributed by atoms with Crippen molar-refractivity contribution in [2.45, 2.75) is 38.5 Å². The molecule has 0 radical (unpaired) electrons. The highest BCUT2D eigenvalue weighted by Crippen LogP contribution is 2.35. The lowest BCUT2D eigenvalue weighted by atomic mass is 9.88. The maximum Gasteiger partial charge on any atom is 0.227 e. The number of piperidine rings is 1. The molecule has 0 bridgehead atoms. The Balaban J connectivity index is 1.46. The van der Waals surface area contributed by atoms with Gasteiger partial charge >= 0.3 is 0 Å². The van der Waals surface area contributed by atoms with Crippen LogP contribution in [-0.4, -0.2) is 58.1 Å². The van der Waals surface area contributed by atoms with Crippen LogP contribution in [0.5, 0.6) is 0 Å². The molecule has 0 atom stereocenters. The first kappa shape index (κ1) is 21.9. The average molecular weight is 439 g/mol. The number of aromatic nitrogens is 4. The molecule has 8 nitrogen and oxygen atoms in total. The second-order valence-corrected chi connectivity index (χ2v) is 8.26. The zero-order valence-electron chi connectivity index (χ0n) is 18.6. The molecule has 1 amide bonds. The summed E-state index contributed by atoms with van der Waals surface area (Å²) in [6, 6.07) is 6.41. The van der Waals surface area contributed by atoms with E-state index in [2.05, 4.69) is 15.1 Å². The second-order valence-electron chi connectivity index (χ2n) is 8.26. The molecule has 1 aromatic carbocycles. The standard InChI is InChI=1S/C23H27FN6O2/c1-15-26-20(32-28-15)8-9-21(31)30-12-10-17(11-13-30)22-19(14-25-23(27-22)29(2)3)16-4-6-18(24)7-5-16/h4-7,14,17H,8-13H2,1-3H3. The predicted octanol–water partition coefficient (Wildman–Crippen LogP) is 3.38. The van der Waals surface area contributed by atoms with Gasteiger partial charge < -0.3 is 14.3 Å². The van der Waals surface area contributed by atoms with Crippen LogP contribution in [0.15, 0.2) is 35.0 Å². The van der Waals surface area contributed by atoms with E-state index < -0.39 is 0 Å². The van der Waals surface area contributed by atoms with Crippen molar-refractivity contribution in [2.24, 2.45) is 0 Å². The van der Waals surface area contributed by atoms with E-state index in [9.17, 15) is 9.18 Å². The second kappa shape index (κ2) is 9.42. The third-order valence-corrected chi connectivity index (χ3v) is 5.72. The van der Waals surface area contributed by atoms with Crippen molar-refractivity contribution in [1.82, 2.24) is 25.0 Å². The molecule has 3 aromatic rings. The Kier molecular flexibility index (Phi) is 6.43. The van der Waals surface area contributed by atoms with Crippen molar-refractivity contribution in [1.29, 1.82) is 0 Å². The molecule has 1 saturated heterocycles. The van der Waals surface area contributed by atoms with E-state index in [-0.39, 0.29) is 17.6 Å². The van der Waals surface area contributed by atoms with Crippen LogP contribution in [0.2, 0.25) is 0 Å². The molecule has 1 aliphatic rings. The fourth-order valence-corrected chi connectivity index (χ4v) is 3.98. The SMILES string of the molecule is Cc1noc(CCC(=O)N2CCC(c3nc(N(C)C)ncc3-c3ccc(F)cc3)CC2)n1. The number of halogens is 1. The van der Waals surface area contributed by atoms with Crippen LogP contribution in [0.3, 0.4) is 0 Å². The molecule has 0 spiro atoms. The van der Waals surface area contributed by atoms with Crippen LogP contribution < -0.4 is 4.90 Å². The monoisotopic (exact) mass is 438 g/mol.